The number of nitrogens with zero attached hydrogens (tertiary/aromatic N) is 2. The molecular weight excluding hydrogens is 545 g/mol. The van der Waals surface area contributed by atoms with Crippen LogP contribution in [0.25, 0.3) is 11.3 Å². The average molecular weight is 573 g/mol. The molecule has 39 heavy (non-hydrogen) atoms. The van der Waals surface area contributed by atoms with Crippen LogP contribution in [0.5, 0.6) is 5.75 Å². The van der Waals surface area contributed by atoms with Crippen LogP contribution >= 0.6 is 22.9 Å². The number of aliphatic hydroxyl groups is 1. The molecule has 0 unspecified atom stereocenters. The van der Waals surface area contributed by atoms with Crippen molar-refractivity contribution in [1.29, 1.82) is 0 Å². The molecular formula is C30H28ClF3N2O2S. The minimum Gasteiger partial charge on any atom is -0.509 e. The lowest BCUT2D eigenvalue weighted by Crippen LogP contribution is -2.30. The van der Waals surface area contributed by atoms with Crippen molar-refractivity contribution in [2.75, 3.05) is 11.4 Å². The molecule has 3 aromatic carbocycles. The third kappa shape index (κ3) is 7.55. The average Bonchev–Trinajstić information content (AvgIpc) is 3.37. The van der Waals surface area contributed by atoms with Gasteiger partial charge in [0.1, 0.15) is 11.5 Å². The number of hydrogen-bond acceptors (Lipinski definition) is 5. The second-order valence-corrected chi connectivity index (χ2v) is 10.9. The molecule has 0 fully saturated rings. The first-order chi connectivity index (χ1) is 18.4. The second-order valence-electron chi connectivity index (χ2n) is 9.59. The van der Waals surface area contributed by atoms with E-state index in [0.717, 1.165) is 39.6 Å². The highest BCUT2D eigenvalue weighted by atomic mass is 35.5. The summed E-state index contributed by atoms with van der Waals surface area (Å²) in [5.74, 6) is 0.540. The summed E-state index contributed by atoms with van der Waals surface area (Å²) in [5, 5.41) is 13.0. The summed E-state index contributed by atoms with van der Waals surface area (Å²) in [6.45, 7) is 8.00. The van der Waals surface area contributed by atoms with Gasteiger partial charge in [0.2, 0.25) is 0 Å². The quantitative estimate of drug-likeness (QED) is 0.193. The van der Waals surface area contributed by atoms with Crippen molar-refractivity contribution in [1.82, 2.24) is 4.98 Å². The van der Waals surface area contributed by atoms with E-state index in [1.54, 1.807) is 19.9 Å². The Morgan fingerprint density at radius 1 is 1.03 bits per heavy atom. The zero-order chi connectivity index (χ0) is 28.2. The summed E-state index contributed by atoms with van der Waals surface area (Å²) in [6.07, 6.45) is -3.71. The molecule has 1 aromatic heterocycles. The molecule has 204 valence electrons. The van der Waals surface area contributed by atoms with Gasteiger partial charge in [-0.15, -0.1) is 11.3 Å². The number of benzene rings is 3. The van der Waals surface area contributed by atoms with Gasteiger partial charge in [0, 0.05) is 29.1 Å². The minimum absolute atomic E-state index is 0.0638. The fourth-order valence-electron chi connectivity index (χ4n) is 3.79. The van der Waals surface area contributed by atoms with E-state index in [4.69, 9.17) is 21.3 Å². The maximum atomic E-state index is 13.1. The van der Waals surface area contributed by atoms with Gasteiger partial charge in [-0.05, 0) is 67.8 Å². The van der Waals surface area contributed by atoms with Gasteiger partial charge in [-0.2, -0.15) is 13.2 Å². The van der Waals surface area contributed by atoms with Crippen LogP contribution in [0.1, 0.15) is 30.5 Å². The van der Waals surface area contributed by atoms with Gasteiger partial charge in [0.15, 0.2) is 10.7 Å². The van der Waals surface area contributed by atoms with E-state index in [-0.39, 0.29) is 5.76 Å². The third-order valence-electron chi connectivity index (χ3n) is 6.20. The van der Waals surface area contributed by atoms with Crippen molar-refractivity contribution in [3.63, 3.8) is 0 Å². The van der Waals surface area contributed by atoms with Crippen molar-refractivity contribution in [2.24, 2.45) is 0 Å². The molecule has 4 nitrogen and oxygen atoms in total. The number of rotatable bonds is 10. The Morgan fingerprint density at radius 3 is 2.31 bits per heavy atom. The fourth-order valence-corrected chi connectivity index (χ4v) is 4.85. The number of aromatic nitrogens is 1. The Bertz CT molecular complexity index is 1420. The Balaban J connectivity index is 1.53. The Kier molecular flexibility index (Phi) is 8.57. The van der Waals surface area contributed by atoms with Crippen LogP contribution in [-0.2, 0) is 19.1 Å². The minimum atomic E-state index is -4.38. The molecule has 0 amide bonds. The standard InChI is InChI=1S/C30H28ClF3N2O2S/c1-20(37)29(2,3)38-26-13-9-21(10-14-26)15-16-36(18-22-7-11-24(12-8-22)30(32,33)34)28-35-27(19-39-28)23-5-4-6-25(31)17-23/h4-14,17,19,37H,1,15-16,18H2,2-3H3. The number of halogens is 4. The number of aliphatic hydroxyl groups excluding tert-OH is 1. The molecule has 0 aliphatic rings. The number of alkyl halides is 3. The largest absolute Gasteiger partial charge is 0.509 e. The van der Waals surface area contributed by atoms with Gasteiger partial charge in [0.05, 0.1) is 11.3 Å². The molecule has 0 aliphatic carbocycles. The summed E-state index contributed by atoms with van der Waals surface area (Å²) in [7, 11) is 0. The van der Waals surface area contributed by atoms with Gasteiger partial charge >= 0.3 is 6.18 Å². The van der Waals surface area contributed by atoms with Crippen LogP contribution < -0.4 is 9.64 Å². The molecule has 0 saturated carbocycles. The van der Waals surface area contributed by atoms with Crippen molar-refractivity contribution in [2.45, 2.75) is 38.6 Å². The summed E-state index contributed by atoms with van der Waals surface area (Å²) in [5.41, 5.74) is 1.88. The number of hydrogen-bond donors (Lipinski definition) is 1. The van der Waals surface area contributed by atoms with E-state index in [1.165, 1.54) is 23.5 Å². The van der Waals surface area contributed by atoms with Gasteiger partial charge in [-0.25, -0.2) is 4.98 Å². The Morgan fingerprint density at radius 2 is 1.69 bits per heavy atom. The van der Waals surface area contributed by atoms with Gasteiger partial charge in [-0.1, -0.05) is 54.6 Å². The molecule has 0 radical (unpaired) electrons. The zero-order valence-electron chi connectivity index (χ0n) is 21.5. The number of ether oxygens (including phenoxy) is 1. The highest BCUT2D eigenvalue weighted by Crippen LogP contribution is 2.32. The lowest BCUT2D eigenvalue weighted by atomic mass is 10.1. The zero-order valence-corrected chi connectivity index (χ0v) is 23.1. The van der Waals surface area contributed by atoms with Crippen molar-refractivity contribution >= 4 is 28.1 Å². The predicted molar refractivity (Wildman–Crippen MR) is 152 cm³/mol. The smallest absolute Gasteiger partial charge is 0.416 e. The maximum absolute atomic E-state index is 13.1. The molecule has 1 heterocycles. The lowest BCUT2D eigenvalue weighted by Gasteiger charge is -2.25. The van der Waals surface area contributed by atoms with Crippen molar-refractivity contribution in [3.05, 3.63) is 112 Å². The first-order valence-corrected chi connectivity index (χ1v) is 13.5. The number of anilines is 1. The molecule has 0 spiro atoms. The third-order valence-corrected chi connectivity index (χ3v) is 7.34. The molecule has 1 N–H and O–H groups in total. The second kappa shape index (κ2) is 11.7. The lowest BCUT2D eigenvalue weighted by molar-refractivity contribution is -0.137. The van der Waals surface area contributed by atoms with Crippen LogP contribution in [-0.4, -0.2) is 22.2 Å². The van der Waals surface area contributed by atoms with Gasteiger partial charge in [-0.3, -0.25) is 0 Å². The van der Waals surface area contributed by atoms with E-state index in [1.807, 2.05) is 47.8 Å². The molecule has 4 rings (SSSR count). The molecule has 0 saturated heterocycles. The van der Waals surface area contributed by atoms with Crippen LogP contribution in [0.4, 0.5) is 18.3 Å². The fraction of sp³-hybridized carbons (Fsp3) is 0.233. The van der Waals surface area contributed by atoms with E-state index in [0.29, 0.717) is 30.3 Å². The van der Waals surface area contributed by atoms with Crippen molar-refractivity contribution in [3.8, 4) is 17.0 Å². The van der Waals surface area contributed by atoms with Gasteiger partial charge < -0.3 is 14.7 Å². The monoisotopic (exact) mass is 572 g/mol. The van der Waals surface area contributed by atoms with E-state index < -0.39 is 17.3 Å². The highest BCUT2D eigenvalue weighted by Gasteiger charge is 2.30. The van der Waals surface area contributed by atoms with Gasteiger partial charge in [0.25, 0.3) is 0 Å². The van der Waals surface area contributed by atoms with Crippen LogP contribution in [0.3, 0.4) is 0 Å². The summed E-state index contributed by atoms with van der Waals surface area (Å²) < 4.78 is 45.0. The van der Waals surface area contributed by atoms with E-state index in [2.05, 4.69) is 11.5 Å². The van der Waals surface area contributed by atoms with Crippen LogP contribution in [0, 0.1) is 0 Å². The predicted octanol–water partition coefficient (Wildman–Crippen LogP) is 8.96. The van der Waals surface area contributed by atoms with E-state index in [9.17, 15) is 18.3 Å². The molecule has 9 heteroatoms. The summed E-state index contributed by atoms with van der Waals surface area (Å²) in [4.78, 5) is 6.87. The topological polar surface area (TPSA) is 45.6 Å². The Labute approximate surface area is 235 Å². The first-order valence-electron chi connectivity index (χ1n) is 12.2. The molecule has 0 atom stereocenters. The normalized spacial score (nSPS) is 11.8. The SMILES string of the molecule is C=C(O)C(C)(C)Oc1ccc(CCN(Cc2ccc(C(F)(F)F)cc2)c2nc(-c3cccc(Cl)c3)cs2)cc1. The maximum Gasteiger partial charge on any atom is 0.416 e. The summed E-state index contributed by atoms with van der Waals surface area (Å²) in [6, 6.07) is 20.2. The van der Waals surface area contributed by atoms with E-state index >= 15 is 0 Å². The molecule has 0 bridgehead atoms. The first kappa shape index (κ1) is 28.5. The van der Waals surface area contributed by atoms with Crippen molar-refractivity contribution < 1.29 is 23.0 Å². The van der Waals surface area contributed by atoms with Crippen LogP contribution in [0.15, 0.2) is 90.5 Å². The molecule has 4 aromatic rings. The molecule has 0 aliphatic heterocycles. The Hall–Kier alpha value is -3.49. The van der Waals surface area contributed by atoms with Crippen LogP contribution in [0.2, 0.25) is 5.02 Å². The number of thiazole rings is 1. The highest BCUT2D eigenvalue weighted by molar-refractivity contribution is 7.14. The summed E-state index contributed by atoms with van der Waals surface area (Å²) >= 11 is 7.63.